The lowest BCUT2D eigenvalue weighted by molar-refractivity contribution is 0.218. The molecule has 1 aromatic rings. The van der Waals surface area contributed by atoms with Crippen molar-refractivity contribution < 1.29 is 0 Å². The molecule has 1 aliphatic carbocycles. The fourth-order valence-electron chi connectivity index (χ4n) is 2.80. The second-order valence-corrected chi connectivity index (χ2v) is 8.61. The molecule has 0 amide bonds. The maximum Gasteiger partial charge on any atom is 0.0701 e. The highest BCUT2D eigenvalue weighted by Gasteiger charge is 2.30. The molecular formula is C14H20BrClS. The first-order chi connectivity index (χ1) is 8.06. The zero-order chi connectivity index (χ0) is 12.4. The summed E-state index contributed by atoms with van der Waals surface area (Å²) in [6.45, 7) is 4.69. The fraction of sp³-hybridized carbons (Fsp3) is 0.714. The van der Waals surface area contributed by atoms with E-state index in [4.69, 9.17) is 11.6 Å². The number of alkyl halides is 1. The summed E-state index contributed by atoms with van der Waals surface area (Å²) in [4.78, 5) is 1.47. The van der Waals surface area contributed by atoms with E-state index in [1.54, 1.807) is 0 Å². The van der Waals surface area contributed by atoms with Crippen LogP contribution in [0.25, 0.3) is 0 Å². The molecule has 1 aliphatic rings. The first kappa shape index (κ1) is 13.9. The monoisotopic (exact) mass is 334 g/mol. The summed E-state index contributed by atoms with van der Waals surface area (Å²) in [5, 5.41) is 0.380. The minimum atomic E-state index is 0.380. The highest BCUT2D eigenvalue weighted by molar-refractivity contribution is 9.11. The lowest BCUT2D eigenvalue weighted by atomic mass is 9.75. The van der Waals surface area contributed by atoms with Crippen LogP contribution in [-0.4, -0.2) is 5.38 Å². The Morgan fingerprint density at radius 2 is 2.18 bits per heavy atom. The van der Waals surface area contributed by atoms with Gasteiger partial charge in [-0.3, -0.25) is 0 Å². The molecule has 17 heavy (non-hydrogen) atoms. The molecule has 0 saturated heterocycles. The minimum absolute atomic E-state index is 0.380. The van der Waals surface area contributed by atoms with Crippen molar-refractivity contribution in [2.24, 2.45) is 17.8 Å². The number of hydrogen-bond acceptors (Lipinski definition) is 1. The van der Waals surface area contributed by atoms with Crippen LogP contribution >= 0.6 is 38.9 Å². The molecule has 1 saturated carbocycles. The van der Waals surface area contributed by atoms with Gasteiger partial charge in [0.2, 0.25) is 0 Å². The number of rotatable bonds is 3. The molecule has 0 nitrogen and oxygen atoms in total. The van der Waals surface area contributed by atoms with Crippen LogP contribution in [0.1, 0.15) is 38.0 Å². The van der Waals surface area contributed by atoms with E-state index in [2.05, 4.69) is 41.9 Å². The summed E-state index contributed by atoms with van der Waals surface area (Å²) in [7, 11) is 0. The summed E-state index contributed by atoms with van der Waals surface area (Å²) >= 11 is 11.9. The van der Waals surface area contributed by atoms with E-state index >= 15 is 0 Å². The molecule has 3 heteroatoms. The van der Waals surface area contributed by atoms with E-state index in [0.29, 0.717) is 11.3 Å². The summed E-state index contributed by atoms with van der Waals surface area (Å²) < 4.78 is 1.23. The minimum Gasteiger partial charge on any atom is -0.133 e. The Balaban J connectivity index is 1.98. The molecule has 3 unspecified atom stereocenters. The van der Waals surface area contributed by atoms with Crippen molar-refractivity contribution in [3.05, 3.63) is 20.8 Å². The van der Waals surface area contributed by atoms with Crippen molar-refractivity contribution >= 4 is 38.9 Å². The van der Waals surface area contributed by atoms with Crippen LogP contribution in [0.2, 0.25) is 0 Å². The van der Waals surface area contributed by atoms with E-state index in [0.717, 1.165) is 18.3 Å². The topological polar surface area (TPSA) is 0 Å². The molecule has 96 valence electrons. The SMILES string of the molecule is CC(C)C1CCC(Cl)C(Cc2ccc(Br)s2)C1. The molecule has 0 N–H and O–H groups in total. The largest absolute Gasteiger partial charge is 0.133 e. The van der Waals surface area contributed by atoms with Gasteiger partial charge in [-0.25, -0.2) is 0 Å². The van der Waals surface area contributed by atoms with E-state index in [1.165, 1.54) is 27.9 Å². The highest BCUT2D eigenvalue weighted by Crippen LogP contribution is 2.39. The van der Waals surface area contributed by atoms with Gasteiger partial charge in [-0.2, -0.15) is 0 Å². The van der Waals surface area contributed by atoms with Gasteiger partial charge >= 0.3 is 0 Å². The number of thiophene rings is 1. The Kier molecular flexibility index (Phi) is 4.96. The maximum absolute atomic E-state index is 6.50. The van der Waals surface area contributed by atoms with Crippen molar-refractivity contribution in [3.63, 3.8) is 0 Å². The molecule has 0 aromatic carbocycles. The van der Waals surface area contributed by atoms with Crippen molar-refractivity contribution in [1.29, 1.82) is 0 Å². The standard InChI is InChI=1S/C14H20BrClS/c1-9(2)10-3-5-13(16)11(7-10)8-12-4-6-14(15)17-12/h4,6,9-11,13H,3,5,7-8H2,1-2H3. The average Bonchev–Trinajstić information content (AvgIpc) is 2.67. The predicted octanol–water partition coefficient (Wildman–Crippen LogP) is 5.73. The number of hydrogen-bond donors (Lipinski definition) is 0. The van der Waals surface area contributed by atoms with Crippen LogP contribution < -0.4 is 0 Å². The van der Waals surface area contributed by atoms with Gasteiger partial charge < -0.3 is 0 Å². The van der Waals surface area contributed by atoms with Gasteiger partial charge in [0.05, 0.1) is 3.79 Å². The molecule has 1 aromatic heterocycles. The van der Waals surface area contributed by atoms with Gasteiger partial charge in [-0.15, -0.1) is 22.9 Å². The zero-order valence-corrected chi connectivity index (χ0v) is 13.6. The second kappa shape index (κ2) is 6.08. The average molecular weight is 336 g/mol. The Morgan fingerprint density at radius 3 is 2.76 bits per heavy atom. The summed E-state index contributed by atoms with van der Waals surface area (Å²) in [6.07, 6.45) is 4.98. The Labute approximate surface area is 122 Å². The molecule has 1 heterocycles. The summed E-state index contributed by atoms with van der Waals surface area (Å²) in [5.74, 6) is 2.35. The molecule has 2 rings (SSSR count). The van der Waals surface area contributed by atoms with Crippen LogP contribution in [0.5, 0.6) is 0 Å². The summed E-state index contributed by atoms with van der Waals surface area (Å²) in [5.41, 5.74) is 0. The zero-order valence-electron chi connectivity index (χ0n) is 10.5. The smallest absolute Gasteiger partial charge is 0.0701 e. The summed E-state index contributed by atoms with van der Waals surface area (Å²) in [6, 6.07) is 4.38. The van der Waals surface area contributed by atoms with Crippen LogP contribution in [0.4, 0.5) is 0 Å². The molecule has 3 atom stereocenters. The molecule has 0 bridgehead atoms. The van der Waals surface area contributed by atoms with Crippen molar-refractivity contribution in [2.75, 3.05) is 0 Å². The predicted molar refractivity (Wildman–Crippen MR) is 81.0 cm³/mol. The Bertz CT molecular complexity index is 361. The second-order valence-electron chi connectivity index (χ2n) is 5.50. The van der Waals surface area contributed by atoms with Crippen LogP contribution in [-0.2, 0) is 6.42 Å². The van der Waals surface area contributed by atoms with E-state index in [-0.39, 0.29) is 0 Å². The normalized spacial score (nSPS) is 29.8. The van der Waals surface area contributed by atoms with Gasteiger partial charge in [0.1, 0.15) is 0 Å². The maximum atomic E-state index is 6.50. The number of halogens is 2. The van der Waals surface area contributed by atoms with Gasteiger partial charge in [0.15, 0.2) is 0 Å². The quantitative estimate of drug-likeness (QED) is 0.618. The van der Waals surface area contributed by atoms with Crippen LogP contribution in [0.15, 0.2) is 15.9 Å². The van der Waals surface area contributed by atoms with Crippen molar-refractivity contribution in [1.82, 2.24) is 0 Å². The molecule has 0 spiro atoms. The molecule has 0 radical (unpaired) electrons. The van der Waals surface area contributed by atoms with E-state index < -0.39 is 0 Å². The highest BCUT2D eigenvalue weighted by atomic mass is 79.9. The third kappa shape index (κ3) is 3.71. The third-order valence-electron chi connectivity index (χ3n) is 3.97. The van der Waals surface area contributed by atoms with Gasteiger partial charge in [0, 0.05) is 10.3 Å². The first-order valence-electron chi connectivity index (χ1n) is 6.44. The van der Waals surface area contributed by atoms with Gasteiger partial charge in [-0.1, -0.05) is 13.8 Å². The lowest BCUT2D eigenvalue weighted by Crippen LogP contribution is -2.29. The molecular weight excluding hydrogens is 316 g/mol. The molecule has 0 aliphatic heterocycles. The fourth-order valence-corrected chi connectivity index (χ4v) is 4.69. The van der Waals surface area contributed by atoms with Crippen LogP contribution in [0.3, 0.4) is 0 Å². The lowest BCUT2D eigenvalue weighted by Gasteiger charge is -2.35. The van der Waals surface area contributed by atoms with Gasteiger partial charge in [-0.05, 0) is 71.5 Å². The van der Waals surface area contributed by atoms with Gasteiger partial charge in [0.25, 0.3) is 0 Å². The Hall–Kier alpha value is 0.470. The molecule has 1 fully saturated rings. The first-order valence-corrected chi connectivity index (χ1v) is 8.49. The van der Waals surface area contributed by atoms with Crippen molar-refractivity contribution in [2.45, 2.75) is 44.9 Å². The van der Waals surface area contributed by atoms with E-state index in [9.17, 15) is 0 Å². The van der Waals surface area contributed by atoms with Crippen LogP contribution in [0, 0.1) is 17.8 Å². The third-order valence-corrected chi connectivity index (χ3v) is 6.19. The van der Waals surface area contributed by atoms with E-state index in [1.807, 2.05) is 11.3 Å². The van der Waals surface area contributed by atoms with Crippen molar-refractivity contribution in [3.8, 4) is 0 Å². The Morgan fingerprint density at radius 1 is 1.41 bits per heavy atom.